The highest BCUT2D eigenvalue weighted by atomic mass is 35.5. The summed E-state index contributed by atoms with van der Waals surface area (Å²) in [6.07, 6.45) is 0. The largest absolute Gasteiger partial charge is 0.382 e. The Balaban J connectivity index is 3.45. The van der Waals surface area contributed by atoms with E-state index in [2.05, 4.69) is 4.74 Å². The molecule has 0 aromatic carbocycles. The number of carbonyl (C=O) groups excluding carboxylic acids is 2. The van der Waals surface area contributed by atoms with E-state index in [-0.39, 0.29) is 13.2 Å². The third-order valence-corrected chi connectivity index (χ3v) is 1.39. The van der Waals surface area contributed by atoms with Crippen molar-refractivity contribution in [3.8, 4) is 0 Å². The number of nitrogens with one attached hydrogen (secondary N) is 2. The highest BCUT2D eigenvalue weighted by Gasteiger charge is 2.13. The Morgan fingerprint density at radius 3 is 2.60 bits per heavy atom. The molecule has 8 heteroatoms. The number of hydrogen-bond acceptors (Lipinski definition) is 4. The predicted octanol–water partition coefficient (Wildman–Crippen LogP) is -0.669. The summed E-state index contributed by atoms with van der Waals surface area (Å²) in [6.45, 7) is 0.343. The average Bonchev–Trinajstić information content (AvgIpc) is 2.20. The van der Waals surface area contributed by atoms with E-state index < -0.39 is 17.4 Å². The standard InChI is InChI=1S/C7H12ClFN2O4/c1-14-2-3-15-4-5(12)10-11-7(13)6(8)9/h6H,2-4H2,1H3,(H,10,12)(H,11,13). The number of alkyl halides is 2. The van der Waals surface area contributed by atoms with Gasteiger partial charge in [-0.05, 0) is 0 Å². The highest BCUT2D eigenvalue weighted by molar-refractivity contribution is 6.29. The lowest BCUT2D eigenvalue weighted by Gasteiger charge is -2.07. The second-order valence-corrected chi connectivity index (χ2v) is 2.77. The van der Waals surface area contributed by atoms with Gasteiger partial charge in [0.25, 0.3) is 17.4 Å². The van der Waals surface area contributed by atoms with Crippen LogP contribution in [0.4, 0.5) is 4.39 Å². The minimum absolute atomic E-state index is 0.249. The lowest BCUT2D eigenvalue weighted by Crippen LogP contribution is -2.45. The Morgan fingerprint density at radius 2 is 2.07 bits per heavy atom. The van der Waals surface area contributed by atoms with Gasteiger partial charge in [0.2, 0.25) is 0 Å². The summed E-state index contributed by atoms with van der Waals surface area (Å²) in [6, 6.07) is 0. The van der Waals surface area contributed by atoms with Crippen LogP contribution in [0.1, 0.15) is 0 Å². The van der Waals surface area contributed by atoms with Crippen LogP contribution in [0.2, 0.25) is 0 Å². The Hall–Kier alpha value is -0.920. The number of rotatable bonds is 6. The van der Waals surface area contributed by atoms with E-state index in [9.17, 15) is 14.0 Å². The van der Waals surface area contributed by atoms with Crippen LogP contribution in [0.3, 0.4) is 0 Å². The summed E-state index contributed by atoms with van der Waals surface area (Å²) >= 11 is 4.78. The minimum atomic E-state index is -2.19. The summed E-state index contributed by atoms with van der Waals surface area (Å²) in [5.41, 5.74) is 1.48. The summed E-state index contributed by atoms with van der Waals surface area (Å²) in [7, 11) is 1.49. The second-order valence-electron chi connectivity index (χ2n) is 2.38. The molecule has 0 aromatic heterocycles. The van der Waals surface area contributed by atoms with Crippen molar-refractivity contribution in [2.45, 2.75) is 5.63 Å². The van der Waals surface area contributed by atoms with Gasteiger partial charge >= 0.3 is 0 Å². The molecule has 15 heavy (non-hydrogen) atoms. The van der Waals surface area contributed by atoms with E-state index in [0.29, 0.717) is 6.61 Å². The van der Waals surface area contributed by atoms with Gasteiger partial charge in [-0.2, -0.15) is 0 Å². The predicted molar refractivity (Wildman–Crippen MR) is 49.7 cm³/mol. The van der Waals surface area contributed by atoms with Gasteiger partial charge in [-0.15, -0.1) is 0 Å². The Bertz CT molecular complexity index is 215. The maximum absolute atomic E-state index is 12.1. The lowest BCUT2D eigenvalue weighted by molar-refractivity contribution is -0.132. The lowest BCUT2D eigenvalue weighted by atomic mass is 10.6. The molecule has 88 valence electrons. The Kier molecular flexibility index (Phi) is 7.88. The van der Waals surface area contributed by atoms with E-state index >= 15 is 0 Å². The molecular formula is C7H12ClFN2O4. The van der Waals surface area contributed by atoms with E-state index in [4.69, 9.17) is 16.3 Å². The van der Waals surface area contributed by atoms with Gasteiger partial charge in [-0.1, -0.05) is 11.6 Å². The average molecular weight is 243 g/mol. The first-order valence-electron chi connectivity index (χ1n) is 4.01. The zero-order valence-electron chi connectivity index (χ0n) is 8.09. The van der Waals surface area contributed by atoms with Crippen molar-refractivity contribution in [2.75, 3.05) is 26.9 Å². The number of methoxy groups -OCH3 is 1. The summed E-state index contributed by atoms with van der Waals surface area (Å²) < 4.78 is 21.5. The molecular weight excluding hydrogens is 231 g/mol. The highest BCUT2D eigenvalue weighted by Crippen LogP contribution is 1.94. The van der Waals surface area contributed by atoms with Crippen LogP contribution >= 0.6 is 11.6 Å². The van der Waals surface area contributed by atoms with Crippen LogP contribution < -0.4 is 10.9 Å². The monoisotopic (exact) mass is 242 g/mol. The normalized spacial score (nSPS) is 11.9. The Labute approximate surface area is 91.0 Å². The van der Waals surface area contributed by atoms with Gasteiger partial charge in [0.15, 0.2) is 0 Å². The number of ether oxygens (including phenoxy) is 2. The number of hydrazine groups is 1. The molecule has 0 saturated carbocycles. The molecule has 2 N–H and O–H groups in total. The number of halogens is 2. The van der Waals surface area contributed by atoms with Gasteiger partial charge in [-0.3, -0.25) is 20.4 Å². The SMILES string of the molecule is COCCOCC(=O)NNC(=O)C(F)Cl. The van der Waals surface area contributed by atoms with Crippen molar-refractivity contribution in [3.05, 3.63) is 0 Å². The van der Waals surface area contributed by atoms with Crippen molar-refractivity contribution in [1.82, 2.24) is 10.9 Å². The van der Waals surface area contributed by atoms with Gasteiger partial charge < -0.3 is 9.47 Å². The summed E-state index contributed by atoms with van der Waals surface area (Å²) in [5, 5.41) is 0. The van der Waals surface area contributed by atoms with Crippen LogP contribution in [0.25, 0.3) is 0 Å². The van der Waals surface area contributed by atoms with Crippen LogP contribution in [0, 0.1) is 0 Å². The summed E-state index contributed by atoms with van der Waals surface area (Å²) in [4.78, 5) is 21.4. The van der Waals surface area contributed by atoms with Crippen LogP contribution in [0.15, 0.2) is 0 Å². The molecule has 0 radical (unpaired) electrons. The molecule has 0 rings (SSSR count). The molecule has 0 saturated heterocycles. The van der Waals surface area contributed by atoms with Crippen LogP contribution in [-0.2, 0) is 19.1 Å². The smallest absolute Gasteiger partial charge is 0.288 e. The molecule has 6 nitrogen and oxygen atoms in total. The van der Waals surface area contributed by atoms with Crippen molar-refractivity contribution in [3.63, 3.8) is 0 Å². The fraction of sp³-hybridized carbons (Fsp3) is 0.714. The van der Waals surface area contributed by atoms with E-state index in [0.717, 1.165) is 0 Å². The molecule has 0 aromatic rings. The third kappa shape index (κ3) is 8.10. The summed E-state index contributed by atoms with van der Waals surface area (Å²) in [5.74, 6) is -1.75. The molecule has 0 aliphatic heterocycles. The molecule has 0 aliphatic rings. The number of amides is 2. The van der Waals surface area contributed by atoms with Crippen molar-refractivity contribution >= 4 is 23.4 Å². The van der Waals surface area contributed by atoms with Crippen molar-refractivity contribution in [1.29, 1.82) is 0 Å². The molecule has 0 aliphatic carbocycles. The third-order valence-electron chi connectivity index (χ3n) is 1.19. The fourth-order valence-corrected chi connectivity index (χ4v) is 0.584. The minimum Gasteiger partial charge on any atom is -0.382 e. The molecule has 1 atom stereocenters. The second kappa shape index (κ2) is 8.39. The molecule has 0 spiro atoms. The maximum atomic E-state index is 12.1. The van der Waals surface area contributed by atoms with Crippen LogP contribution in [0.5, 0.6) is 0 Å². The van der Waals surface area contributed by atoms with Gasteiger partial charge in [0.1, 0.15) is 6.61 Å². The van der Waals surface area contributed by atoms with Crippen molar-refractivity contribution < 1.29 is 23.5 Å². The van der Waals surface area contributed by atoms with Gasteiger partial charge in [0.05, 0.1) is 13.2 Å². The Morgan fingerprint density at radius 1 is 1.40 bits per heavy atom. The maximum Gasteiger partial charge on any atom is 0.288 e. The zero-order chi connectivity index (χ0) is 11.7. The first-order valence-corrected chi connectivity index (χ1v) is 4.45. The molecule has 0 heterocycles. The zero-order valence-corrected chi connectivity index (χ0v) is 8.84. The topological polar surface area (TPSA) is 76.7 Å². The van der Waals surface area contributed by atoms with Gasteiger partial charge in [-0.25, -0.2) is 4.39 Å². The first kappa shape index (κ1) is 14.1. The van der Waals surface area contributed by atoms with E-state index in [1.54, 1.807) is 5.43 Å². The van der Waals surface area contributed by atoms with E-state index in [1.807, 2.05) is 5.43 Å². The quantitative estimate of drug-likeness (QED) is 0.368. The van der Waals surface area contributed by atoms with Crippen molar-refractivity contribution in [2.24, 2.45) is 0 Å². The molecule has 1 unspecified atom stereocenters. The molecule has 0 bridgehead atoms. The molecule has 0 fully saturated rings. The number of hydrogen-bond donors (Lipinski definition) is 2. The van der Waals surface area contributed by atoms with Gasteiger partial charge in [0, 0.05) is 7.11 Å². The van der Waals surface area contributed by atoms with Crippen LogP contribution in [-0.4, -0.2) is 44.4 Å². The fourth-order valence-electron chi connectivity index (χ4n) is 0.529. The van der Waals surface area contributed by atoms with E-state index in [1.165, 1.54) is 7.11 Å². The first-order chi connectivity index (χ1) is 7.07. The molecule has 2 amide bonds. The number of carbonyl (C=O) groups is 2.